The summed E-state index contributed by atoms with van der Waals surface area (Å²) in [6, 6.07) is 1.41. The molecule has 0 aromatic carbocycles. The molecule has 0 unspecified atom stereocenters. The van der Waals surface area contributed by atoms with E-state index in [-0.39, 0.29) is 0 Å². The van der Waals surface area contributed by atoms with Crippen LogP contribution in [-0.2, 0) is 0 Å². The molecule has 0 aliphatic rings. The number of nitrogens with two attached hydrogens (primary N) is 1. The number of allylic oxidation sites excluding steroid dienone is 1. The summed E-state index contributed by atoms with van der Waals surface area (Å²) in [5, 5.41) is 7.59. The van der Waals surface area contributed by atoms with E-state index >= 15 is 0 Å². The zero-order valence-electron chi connectivity index (χ0n) is 2.98. The summed E-state index contributed by atoms with van der Waals surface area (Å²) >= 11 is 0. The van der Waals surface area contributed by atoms with Gasteiger partial charge in [-0.1, -0.05) is 0 Å². The normalized spacial score (nSPS) is 10.3. The van der Waals surface area contributed by atoms with Crippen molar-refractivity contribution in [3.05, 3.63) is 12.0 Å². The first-order valence-electron chi connectivity index (χ1n) is 1.28. The van der Waals surface area contributed by atoms with Crippen LogP contribution in [0.15, 0.2) is 12.0 Å². The fourth-order valence-electron chi connectivity index (χ4n) is 0.0617. The van der Waals surface area contributed by atoms with E-state index in [1.54, 1.807) is 0 Å². The maximum Gasteiger partial charge on any atom is 0.195 e. The fraction of sp³-hybridized carbons (Fsp3) is 0. The van der Waals surface area contributed by atoms with Crippen LogP contribution in [0.25, 0.3) is 0 Å². The topological polar surface area (TPSA) is 49.8 Å². The minimum atomic E-state index is -0.947. The highest BCUT2D eigenvalue weighted by atomic mass is 19.1. The second kappa shape index (κ2) is 2.21. The molecule has 2 nitrogen and oxygen atoms in total. The van der Waals surface area contributed by atoms with E-state index < -0.39 is 5.95 Å². The maximum absolute atomic E-state index is 11.1. The van der Waals surface area contributed by atoms with Gasteiger partial charge in [-0.2, -0.15) is 9.65 Å². The second-order valence-corrected chi connectivity index (χ2v) is 0.658. The number of hydrogen-bond donors (Lipinski definition) is 1. The highest BCUT2D eigenvalue weighted by Gasteiger charge is 1.72. The fourth-order valence-corrected chi connectivity index (χ4v) is 0.0617. The van der Waals surface area contributed by atoms with Crippen LogP contribution in [0.2, 0.25) is 0 Å². The van der Waals surface area contributed by atoms with E-state index in [2.05, 4.69) is 5.73 Å². The Labute approximate surface area is 34.7 Å². The predicted octanol–water partition coefficient (Wildman–Crippen LogP) is 0.280. The molecular formula is C3H3FN2. The van der Waals surface area contributed by atoms with Crippen molar-refractivity contribution in [2.45, 2.75) is 0 Å². The Kier molecular flexibility index (Phi) is 1.83. The molecule has 0 aliphatic heterocycles. The van der Waals surface area contributed by atoms with Crippen LogP contribution in [0.1, 0.15) is 0 Å². The summed E-state index contributed by atoms with van der Waals surface area (Å²) in [6.45, 7) is 0. The van der Waals surface area contributed by atoms with Gasteiger partial charge in [0.2, 0.25) is 0 Å². The van der Waals surface area contributed by atoms with Gasteiger partial charge in [0.05, 0.1) is 12.1 Å². The van der Waals surface area contributed by atoms with Gasteiger partial charge in [0.15, 0.2) is 5.95 Å². The highest BCUT2D eigenvalue weighted by Crippen LogP contribution is 1.77. The predicted molar refractivity (Wildman–Crippen MR) is 19.0 cm³/mol. The monoisotopic (exact) mass is 86.0 g/mol. The lowest BCUT2D eigenvalue weighted by Gasteiger charge is -1.68. The molecule has 0 bridgehead atoms. The molecule has 0 amide bonds. The molecule has 0 fully saturated rings. The van der Waals surface area contributed by atoms with Crippen molar-refractivity contribution >= 4 is 0 Å². The zero-order chi connectivity index (χ0) is 4.99. The Morgan fingerprint density at radius 3 is 2.50 bits per heavy atom. The molecule has 6 heavy (non-hydrogen) atoms. The Bertz CT molecular complexity index is 95.9. The van der Waals surface area contributed by atoms with Crippen LogP contribution in [0.4, 0.5) is 4.39 Å². The number of nitriles is 1. The van der Waals surface area contributed by atoms with Crippen molar-refractivity contribution in [3.63, 3.8) is 0 Å². The van der Waals surface area contributed by atoms with Gasteiger partial charge in [0.1, 0.15) is 0 Å². The Balaban J connectivity index is 3.51. The van der Waals surface area contributed by atoms with Crippen molar-refractivity contribution in [1.82, 2.24) is 0 Å². The summed E-state index contributed by atoms with van der Waals surface area (Å²) in [5.41, 5.74) is 4.37. The van der Waals surface area contributed by atoms with E-state index in [1.807, 2.05) is 0 Å². The van der Waals surface area contributed by atoms with Gasteiger partial charge in [-0.25, -0.2) is 0 Å². The van der Waals surface area contributed by atoms with Gasteiger partial charge in [-0.15, -0.1) is 0 Å². The number of halogens is 1. The van der Waals surface area contributed by atoms with Gasteiger partial charge in [0.25, 0.3) is 0 Å². The molecule has 0 spiro atoms. The van der Waals surface area contributed by atoms with Crippen LogP contribution in [0, 0.1) is 11.3 Å². The first-order chi connectivity index (χ1) is 2.77. The lowest BCUT2D eigenvalue weighted by molar-refractivity contribution is 0.628. The molecule has 0 aliphatic carbocycles. The third kappa shape index (κ3) is 2.96. The summed E-state index contributed by atoms with van der Waals surface area (Å²) in [6.07, 6.45) is 0.625. The molecule has 3 heteroatoms. The van der Waals surface area contributed by atoms with Crippen LogP contribution in [-0.4, -0.2) is 0 Å². The molecule has 0 saturated heterocycles. The summed E-state index contributed by atoms with van der Waals surface area (Å²) in [7, 11) is 0. The average Bonchev–Trinajstić information content (AvgIpc) is 1.35. The molecule has 0 radical (unpaired) electrons. The van der Waals surface area contributed by atoms with Crippen LogP contribution >= 0.6 is 0 Å². The third-order valence-electron chi connectivity index (χ3n) is 0.202. The van der Waals surface area contributed by atoms with Crippen molar-refractivity contribution in [3.8, 4) is 6.07 Å². The minimum absolute atomic E-state index is 0.625. The van der Waals surface area contributed by atoms with Crippen LogP contribution in [0.3, 0.4) is 0 Å². The second-order valence-electron chi connectivity index (χ2n) is 0.658. The standard InChI is InChI=1S/C3H3FN2/c4-3(6)1-2-5/h1H,6H2/b3-1-. The SMILES string of the molecule is N#C/C=C(\N)F. The van der Waals surface area contributed by atoms with Crippen LogP contribution in [0.5, 0.6) is 0 Å². The van der Waals surface area contributed by atoms with E-state index in [4.69, 9.17) is 5.26 Å². The lowest BCUT2D eigenvalue weighted by atomic mass is 10.7. The number of nitrogens with zero attached hydrogens (tertiary/aromatic N) is 1. The summed E-state index contributed by atoms with van der Waals surface area (Å²) in [4.78, 5) is 0. The van der Waals surface area contributed by atoms with E-state index in [0.29, 0.717) is 6.08 Å². The maximum atomic E-state index is 11.1. The van der Waals surface area contributed by atoms with Gasteiger partial charge in [0, 0.05) is 0 Å². The summed E-state index contributed by atoms with van der Waals surface area (Å²) in [5.74, 6) is -0.947. The van der Waals surface area contributed by atoms with E-state index in [9.17, 15) is 4.39 Å². The van der Waals surface area contributed by atoms with Gasteiger partial charge < -0.3 is 5.73 Å². The van der Waals surface area contributed by atoms with Crippen molar-refractivity contribution in [2.75, 3.05) is 0 Å². The molecule has 2 N–H and O–H groups in total. The largest absolute Gasteiger partial charge is 0.375 e. The first-order valence-corrected chi connectivity index (χ1v) is 1.28. The molecule has 0 aromatic rings. The minimum Gasteiger partial charge on any atom is -0.375 e. The third-order valence-corrected chi connectivity index (χ3v) is 0.202. The smallest absolute Gasteiger partial charge is 0.195 e. The van der Waals surface area contributed by atoms with Crippen LogP contribution < -0.4 is 5.73 Å². The highest BCUT2D eigenvalue weighted by molar-refractivity contribution is 5.03. The first kappa shape index (κ1) is 4.96. The average molecular weight is 86.1 g/mol. The quantitative estimate of drug-likeness (QED) is 0.340. The number of rotatable bonds is 0. The van der Waals surface area contributed by atoms with Crippen molar-refractivity contribution in [2.24, 2.45) is 5.73 Å². The molecular weight excluding hydrogens is 83.0 g/mol. The molecule has 0 saturated carbocycles. The van der Waals surface area contributed by atoms with Gasteiger partial charge in [-0.3, -0.25) is 0 Å². The zero-order valence-corrected chi connectivity index (χ0v) is 2.98. The van der Waals surface area contributed by atoms with Gasteiger partial charge >= 0.3 is 0 Å². The van der Waals surface area contributed by atoms with Gasteiger partial charge in [-0.05, 0) is 0 Å². The van der Waals surface area contributed by atoms with Crippen molar-refractivity contribution < 1.29 is 4.39 Å². The van der Waals surface area contributed by atoms with E-state index in [0.717, 1.165) is 0 Å². The Morgan fingerprint density at radius 2 is 2.50 bits per heavy atom. The molecule has 0 rings (SSSR count). The van der Waals surface area contributed by atoms with E-state index in [1.165, 1.54) is 6.07 Å². The Morgan fingerprint density at radius 1 is 2.00 bits per heavy atom. The molecule has 32 valence electrons. The molecule has 0 atom stereocenters. The molecule has 0 heterocycles. The number of hydrogen-bond acceptors (Lipinski definition) is 2. The summed E-state index contributed by atoms with van der Waals surface area (Å²) < 4.78 is 11.1. The molecule has 0 aromatic heterocycles. The Hall–Kier alpha value is -1.04. The lowest BCUT2D eigenvalue weighted by Crippen LogP contribution is -1.85. The van der Waals surface area contributed by atoms with Crippen molar-refractivity contribution in [1.29, 1.82) is 5.26 Å².